The summed E-state index contributed by atoms with van der Waals surface area (Å²) in [5, 5.41) is 0.346. The summed E-state index contributed by atoms with van der Waals surface area (Å²) in [4.78, 5) is 0. The van der Waals surface area contributed by atoms with Gasteiger partial charge in [-0.1, -0.05) is 23.7 Å². The van der Waals surface area contributed by atoms with E-state index >= 15 is 0 Å². The van der Waals surface area contributed by atoms with Crippen molar-refractivity contribution in [3.8, 4) is 11.5 Å². The average Bonchev–Trinajstić information content (AvgIpc) is 2.52. The molecule has 0 aliphatic carbocycles. The summed E-state index contributed by atoms with van der Waals surface area (Å²) >= 11 is 5.99. The van der Waals surface area contributed by atoms with E-state index in [4.69, 9.17) is 26.8 Å². The van der Waals surface area contributed by atoms with Crippen LogP contribution >= 0.6 is 11.6 Å². The first-order valence-corrected chi connectivity index (χ1v) is 7.45. The van der Waals surface area contributed by atoms with Gasteiger partial charge >= 0.3 is 0 Å². The Labute approximate surface area is 134 Å². The molecule has 0 bridgehead atoms. The van der Waals surface area contributed by atoms with Crippen LogP contribution in [0.2, 0.25) is 5.02 Å². The second-order valence-electron chi connectivity index (χ2n) is 4.90. The lowest BCUT2D eigenvalue weighted by molar-refractivity contribution is 0.284. The normalized spacial score (nSPS) is 10.5. The van der Waals surface area contributed by atoms with Gasteiger partial charge in [0.1, 0.15) is 12.4 Å². The van der Waals surface area contributed by atoms with E-state index in [9.17, 15) is 4.39 Å². The highest BCUT2D eigenvalue weighted by molar-refractivity contribution is 6.31. The molecule has 0 aliphatic rings. The fraction of sp³-hybridized carbons (Fsp3) is 0.294. The van der Waals surface area contributed by atoms with E-state index in [0.29, 0.717) is 23.1 Å². The largest absolute Gasteiger partial charge is 0.493 e. The van der Waals surface area contributed by atoms with Crippen molar-refractivity contribution < 1.29 is 13.9 Å². The highest BCUT2D eigenvalue weighted by atomic mass is 35.5. The van der Waals surface area contributed by atoms with Crippen molar-refractivity contribution in [1.82, 2.24) is 0 Å². The van der Waals surface area contributed by atoms with E-state index in [1.165, 1.54) is 12.1 Å². The van der Waals surface area contributed by atoms with Crippen molar-refractivity contribution in [2.45, 2.75) is 19.4 Å². The highest BCUT2D eigenvalue weighted by Crippen LogP contribution is 2.30. The predicted octanol–water partition coefficient (Wildman–Crippen LogP) is 3.96. The van der Waals surface area contributed by atoms with Crippen LogP contribution in [0.3, 0.4) is 0 Å². The third-order valence-corrected chi connectivity index (χ3v) is 3.65. The number of benzene rings is 2. The molecule has 2 aromatic rings. The maximum absolute atomic E-state index is 13.0. The highest BCUT2D eigenvalue weighted by Gasteiger charge is 2.08. The van der Waals surface area contributed by atoms with Crippen LogP contribution in [0.25, 0.3) is 0 Å². The Balaban J connectivity index is 2.08. The van der Waals surface area contributed by atoms with Gasteiger partial charge in [-0.25, -0.2) is 4.39 Å². The fourth-order valence-corrected chi connectivity index (χ4v) is 2.31. The smallest absolute Gasteiger partial charge is 0.161 e. The molecule has 0 spiro atoms. The Morgan fingerprint density at radius 3 is 2.64 bits per heavy atom. The molecule has 0 aromatic heterocycles. The third-order valence-electron chi connectivity index (χ3n) is 3.30. The Morgan fingerprint density at radius 1 is 1.14 bits per heavy atom. The molecule has 2 rings (SSSR count). The quantitative estimate of drug-likeness (QED) is 0.839. The van der Waals surface area contributed by atoms with E-state index in [2.05, 4.69) is 0 Å². The van der Waals surface area contributed by atoms with Crippen LogP contribution in [0.15, 0.2) is 36.4 Å². The Morgan fingerprint density at radius 2 is 1.95 bits per heavy atom. The van der Waals surface area contributed by atoms with Gasteiger partial charge in [-0.05, 0) is 49.2 Å². The van der Waals surface area contributed by atoms with Gasteiger partial charge in [0.25, 0.3) is 0 Å². The second kappa shape index (κ2) is 8.01. The topological polar surface area (TPSA) is 44.5 Å². The number of rotatable bonds is 7. The number of nitrogens with two attached hydrogens (primary N) is 1. The number of halogens is 2. The molecule has 0 unspecified atom stereocenters. The van der Waals surface area contributed by atoms with E-state index in [1.807, 2.05) is 18.2 Å². The van der Waals surface area contributed by atoms with Crippen molar-refractivity contribution in [2.75, 3.05) is 13.7 Å². The minimum atomic E-state index is -0.365. The SMILES string of the molecule is COc1cc(CCCN)ccc1OCc1ccc(F)cc1Cl. The molecule has 2 N–H and O–H groups in total. The number of aryl methyl sites for hydroxylation is 1. The van der Waals surface area contributed by atoms with E-state index < -0.39 is 0 Å². The Bertz CT molecular complexity index is 634. The zero-order valence-corrected chi connectivity index (χ0v) is 13.2. The molecule has 0 heterocycles. The number of ether oxygens (including phenoxy) is 2. The van der Waals surface area contributed by atoms with Gasteiger partial charge in [-0.15, -0.1) is 0 Å². The first-order chi connectivity index (χ1) is 10.6. The molecule has 0 fully saturated rings. The van der Waals surface area contributed by atoms with Crippen molar-refractivity contribution >= 4 is 11.6 Å². The molecule has 0 atom stereocenters. The molecule has 0 saturated heterocycles. The third kappa shape index (κ3) is 4.36. The maximum Gasteiger partial charge on any atom is 0.161 e. The molecule has 0 saturated carbocycles. The Hall–Kier alpha value is -1.78. The minimum absolute atomic E-state index is 0.248. The molecule has 0 amide bonds. The van der Waals surface area contributed by atoms with Gasteiger partial charge in [0, 0.05) is 5.56 Å². The van der Waals surface area contributed by atoms with Crippen molar-refractivity contribution in [3.63, 3.8) is 0 Å². The lowest BCUT2D eigenvalue weighted by Gasteiger charge is -2.13. The van der Waals surface area contributed by atoms with Gasteiger partial charge in [0.15, 0.2) is 11.5 Å². The zero-order valence-electron chi connectivity index (χ0n) is 12.4. The fourth-order valence-electron chi connectivity index (χ4n) is 2.09. The van der Waals surface area contributed by atoms with Gasteiger partial charge in [-0.3, -0.25) is 0 Å². The summed E-state index contributed by atoms with van der Waals surface area (Å²) in [6, 6.07) is 10.0. The molecule has 3 nitrogen and oxygen atoms in total. The molecule has 0 radical (unpaired) electrons. The summed E-state index contributed by atoms with van der Waals surface area (Å²) in [5.74, 6) is 0.919. The average molecular weight is 324 g/mol. The summed E-state index contributed by atoms with van der Waals surface area (Å²) in [5.41, 5.74) is 7.39. The lowest BCUT2D eigenvalue weighted by atomic mass is 10.1. The second-order valence-corrected chi connectivity index (χ2v) is 5.31. The van der Waals surface area contributed by atoms with Crippen LogP contribution in [0.4, 0.5) is 4.39 Å². The number of methoxy groups -OCH3 is 1. The van der Waals surface area contributed by atoms with Crippen molar-refractivity contribution in [2.24, 2.45) is 5.73 Å². The van der Waals surface area contributed by atoms with Crippen LogP contribution in [0.5, 0.6) is 11.5 Å². The first-order valence-electron chi connectivity index (χ1n) is 7.07. The predicted molar refractivity (Wildman–Crippen MR) is 86.1 cm³/mol. The van der Waals surface area contributed by atoms with E-state index in [-0.39, 0.29) is 12.4 Å². The van der Waals surface area contributed by atoms with Gasteiger partial charge in [0.2, 0.25) is 0 Å². The van der Waals surface area contributed by atoms with Crippen molar-refractivity contribution in [3.05, 3.63) is 58.4 Å². The van der Waals surface area contributed by atoms with Gasteiger partial charge in [0.05, 0.1) is 12.1 Å². The van der Waals surface area contributed by atoms with Crippen LogP contribution < -0.4 is 15.2 Å². The summed E-state index contributed by atoms with van der Waals surface area (Å²) in [6.07, 6.45) is 1.82. The van der Waals surface area contributed by atoms with Gasteiger partial charge < -0.3 is 15.2 Å². The number of hydrogen-bond donors (Lipinski definition) is 1. The monoisotopic (exact) mass is 323 g/mol. The maximum atomic E-state index is 13.0. The summed E-state index contributed by atoms with van der Waals surface area (Å²) in [7, 11) is 1.60. The van der Waals surface area contributed by atoms with Crippen LogP contribution in [-0.4, -0.2) is 13.7 Å². The van der Waals surface area contributed by atoms with Crippen LogP contribution in [-0.2, 0) is 13.0 Å². The summed E-state index contributed by atoms with van der Waals surface area (Å²) in [6.45, 7) is 0.904. The van der Waals surface area contributed by atoms with Crippen LogP contribution in [0, 0.1) is 5.82 Å². The molecule has 118 valence electrons. The molecule has 22 heavy (non-hydrogen) atoms. The molecule has 0 aliphatic heterocycles. The van der Waals surface area contributed by atoms with E-state index in [1.54, 1.807) is 13.2 Å². The van der Waals surface area contributed by atoms with Gasteiger partial charge in [-0.2, -0.15) is 0 Å². The molecule has 5 heteroatoms. The zero-order chi connectivity index (χ0) is 15.9. The molecular weight excluding hydrogens is 305 g/mol. The van der Waals surface area contributed by atoms with Crippen molar-refractivity contribution in [1.29, 1.82) is 0 Å². The van der Waals surface area contributed by atoms with Crippen LogP contribution in [0.1, 0.15) is 17.5 Å². The lowest BCUT2D eigenvalue weighted by Crippen LogP contribution is -2.02. The first kappa shape index (κ1) is 16.6. The molecular formula is C17H19ClFNO2. The minimum Gasteiger partial charge on any atom is -0.493 e. The number of hydrogen-bond acceptors (Lipinski definition) is 3. The molecule has 2 aromatic carbocycles. The Kier molecular flexibility index (Phi) is 6.04. The summed E-state index contributed by atoms with van der Waals surface area (Å²) < 4.78 is 24.1. The standard InChI is InChI=1S/C17H19ClFNO2/c1-21-17-9-12(3-2-8-20)4-7-16(17)22-11-13-5-6-14(19)10-15(13)18/h4-7,9-10H,2-3,8,11,20H2,1H3. The van der Waals surface area contributed by atoms with E-state index in [0.717, 1.165) is 24.0 Å².